The second-order valence-electron chi connectivity index (χ2n) is 5.25. The lowest BCUT2D eigenvalue weighted by atomic mass is 9.63. The molecule has 0 aliphatic heterocycles. The van der Waals surface area contributed by atoms with Crippen molar-refractivity contribution in [1.82, 2.24) is 0 Å². The van der Waals surface area contributed by atoms with E-state index in [-0.39, 0.29) is 0 Å². The molecule has 1 atom stereocenters. The maximum Gasteiger partial charge on any atom is 0.312 e. The summed E-state index contributed by atoms with van der Waals surface area (Å²) >= 11 is 0. The minimum absolute atomic E-state index is 0.463. The average Bonchev–Trinajstić information content (AvgIpc) is 1.84. The van der Waals surface area contributed by atoms with Gasteiger partial charge in [0.2, 0.25) is 0 Å². The molecule has 0 radical (unpaired) electrons. The van der Waals surface area contributed by atoms with Crippen molar-refractivity contribution in [2.45, 2.75) is 47.1 Å². The molecule has 0 fully saturated rings. The zero-order chi connectivity index (χ0) is 11.1. The number of carboxylic acids is 1. The van der Waals surface area contributed by atoms with Crippen LogP contribution in [0.15, 0.2) is 0 Å². The lowest BCUT2D eigenvalue weighted by Crippen LogP contribution is -2.55. The minimum atomic E-state index is -1.24. The van der Waals surface area contributed by atoms with Crippen molar-refractivity contribution < 1.29 is 15.0 Å². The summed E-state index contributed by atoms with van der Waals surface area (Å²) in [6.45, 7) is 10.1. The minimum Gasteiger partial charge on any atom is -0.481 e. The first kappa shape index (κ1) is 12.4. The van der Waals surface area contributed by atoms with Crippen molar-refractivity contribution in [3.05, 3.63) is 0 Å². The van der Waals surface area contributed by atoms with Crippen LogP contribution in [0.1, 0.15) is 41.5 Å². The monoisotopic (exact) mass is 188 g/mol. The van der Waals surface area contributed by atoms with Crippen LogP contribution in [0.3, 0.4) is 0 Å². The van der Waals surface area contributed by atoms with Crippen molar-refractivity contribution in [2.75, 3.05) is 0 Å². The van der Waals surface area contributed by atoms with Gasteiger partial charge in [0.25, 0.3) is 0 Å². The van der Waals surface area contributed by atoms with Gasteiger partial charge < -0.3 is 10.2 Å². The van der Waals surface area contributed by atoms with Crippen LogP contribution in [-0.4, -0.2) is 21.8 Å². The van der Waals surface area contributed by atoms with Gasteiger partial charge in [0.15, 0.2) is 0 Å². The van der Waals surface area contributed by atoms with E-state index in [1.165, 1.54) is 0 Å². The SMILES string of the molecule is CC(C)(C)C(C)(O)C(C)(C)C(=O)O. The van der Waals surface area contributed by atoms with Gasteiger partial charge in [-0.3, -0.25) is 4.79 Å². The molecule has 0 aromatic heterocycles. The molecule has 78 valence electrons. The molecule has 0 saturated heterocycles. The maximum atomic E-state index is 11.0. The molecular weight excluding hydrogens is 168 g/mol. The molecule has 0 saturated carbocycles. The zero-order valence-electron chi connectivity index (χ0n) is 9.30. The van der Waals surface area contributed by atoms with E-state index < -0.39 is 22.4 Å². The van der Waals surface area contributed by atoms with E-state index >= 15 is 0 Å². The molecule has 0 aliphatic carbocycles. The molecule has 0 aliphatic rings. The third-order valence-electron chi connectivity index (χ3n) is 3.21. The molecule has 2 N–H and O–H groups in total. The Hall–Kier alpha value is -0.570. The van der Waals surface area contributed by atoms with Crippen LogP contribution in [0.4, 0.5) is 0 Å². The summed E-state index contributed by atoms with van der Waals surface area (Å²) in [7, 11) is 0. The Morgan fingerprint density at radius 2 is 1.31 bits per heavy atom. The predicted molar refractivity (Wildman–Crippen MR) is 51.5 cm³/mol. The Morgan fingerprint density at radius 1 is 1.00 bits per heavy atom. The quantitative estimate of drug-likeness (QED) is 0.695. The van der Waals surface area contributed by atoms with Gasteiger partial charge in [-0.2, -0.15) is 0 Å². The van der Waals surface area contributed by atoms with Gasteiger partial charge in [0.05, 0.1) is 11.0 Å². The highest BCUT2D eigenvalue weighted by molar-refractivity contribution is 5.75. The van der Waals surface area contributed by atoms with Crippen LogP contribution in [0, 0.1) is 10.8 Å². The average molecular weight is 188 g/mol. The summed E-state index contributed by atoms with van der Waals surface area (Å²) in [4.78, 5) is 11.0. The van der Waals surface area contributed by atoms with Crippen molar-refractivity contribution in [2.24, 2.45) is 10.8 Å². The molecule has 3 nitrogen and oxygen atoms in total. The number of hydrogen-bond donors (Lipinski definition) is 2. The van der Waals surface area contributed by atoms with E-state index in [9.17, 15) is 9.90 Å². The highest BCUT2D eigenvalue weighted by Gasteiger charge is 2.52. The van der Waals surface area contributed by atoms with E-state index in [4.69, 9.17) is 5.11 Å². The Bertz CT molecular complexity index is 209. The molecule has 13 heavy (non-hydrogen) atoms. The van der Waals surface area contributed by atoms with E-state index in [0.717, 1.165) is 0 Å². The molecule has 0 bridgehead atoms. The standard InChI is InChI=1S/C10H20O3/c1-8(2,3)10(6,13)9(4,5)7(11)12/h13H,1-6H3,(H,11,12). The molecule has 3 heteroatoms. The first-order chi connectivity index (χ1) is 5.44. The fraction of sp³-hybridized carbons (Fsp3) is 0.900. The zero-order valence-corrected chi connectivity index (χ0v) is 9.30. The Balaban J connectivity index is 5.16. The molecule has 0 spiro atoms. The van der Waals surface area contributed by atoms with Gasteiger partial charge >= 0.3 is 5.97 Å². The topological polar surface area (TPSA) is 57.5 Å². The first-order valence-electron chi connectivity index (χ1n) is 4.40. The number of rotatable bonds is 2. The molecule has 0 rings (SSSR count). The highest BCUT2D eigenvalue weighted by Crippen LogP contribution is 2.43. The highest BCUT2D eigenvalue weighted by atomic mass is 16.4. The maximum absolute atomic E-state index is 11.0. The lowest BCUT2D eigenvalue weighted by Gasteiger charge is -2.46. The van der Waals surface area contributed by atoms with Crippen LogP contribution in [0.25, 0.3) is 0 Å². The molecule has 0 heterocycles. The summed E-state index contributed by atoms with van der Waals surface area (Å²) in [5.74, 6) is -0.979. The molecule has 0 aromatic carbocycles. The normalized spacial score (nSPS) is 18.1. The van der Waals surface area contributed by atoms with E-state index in [0.29, 0.717) is 0 Å². The predicted octanol–water partition coefficient (Wildman–Crippen LogP) is 1.89. The van der Waals surface area contributed by atoms with Gasteiger partial charge in [-0.05, 0) is 26.2 Å². The fourth-order valence-corrected chi connectivity index (χ4v) is 1.15. The van der Waals surface area contributed by atoms with Crippen LogP contribution in [0.5, 0.6) is 0 Å². The number of carbonyl (C=O) groups is 1. The Labute approximate surface area is 79.8 Å². The molecule has 1 unspecified atom stereocenters. The second kappa shape index (κ2) is 2.98. The van der Waals surface area contributed by atoms with Crippen LogP contribution >= 0.6 is 0 Å². The summed E-state index contributed by atoms with van der Waals surface area (Å²) in [5.41, 5.74) is -2.86. The smallest absolute Gasteiger partial charge is 0.312 e. The van der Waals surface area contributed by atoms with Crippen LogP contribution in [-0.2, 0) is 4.79 Å². The van der Waals surface area contributed by atoms with E-state index in [2.05, 4.69) is 0 Å². The van der Waals surface area contributed by atoms with Gasteiger partial charge in [-0.25, -0.2) is 0 Å². The van der Waals surface area contributed by atoms with Crippen molar-refractivity contribution in [3.8, 4) is 0 Å². The fourth-order valence-electron chi connectivity index (χ4n) is 1.15. The van der Waals surface area contributed by atoms with Crippen molar-refractivity contribution in [1.29, 1.82) is 0 Å². The first-order valence-corrected chi connectivity index (χ1v) is 4.40. The van der Waals surface area contributed by atoms with Crippen LogP contribution < -0.4 is 0 Å². The number of aliphatic carboxylic acids is 1. The van der Waals surface area contributed by atoms with Crippen molar-refractivity contribution >= 4 is 5.97 Å². The number of hydrogen-bond acceptors (Lipinski definition) is 2. The Morgan fingerprint density at radius 3 is 1.38 bits per heavy atom. The summed E-state index contributed by atoms with van der Waals surface area (Å²) in [6.07, 6.45) is 0. The molecule has 0 amide bonds. The van der Waals surface area contributed by atoms with E-state index in [1.54, 1.807) is 20.8 Å². The van der Waals surface area contributed by atoms with Gasteiger partial charge in [-0.1, -0.05) is 20.8 Å². The van der Waals surface area contributed by atoms with Crippen molar-refractivity contribution in [3.63, 3.8) is 0 Å². The van der Waals surface area contributed by atoms with Gasteiger partial charge in [0, 0.05) is 0 Å². The second-order valence-corrected chi connectivity index (χ2v) is 5.25. The Kier molecular flexibility index (Phi) is 2.85. The van der Waals surface area contributed by atoms with Crippen LogP contribution in [0.2, 0.25) is 0 Å². The van der Waals surface area contributed by atoms with Gasteiger partial charge in [0.1, 0.15) is 0 Å². The molecular formula is C10H20O3. The number of aliphatic hydroxyl groups is 1. The van der Waals surface area contributed by atoms with Gasteiger partial charge in [-0.15, -0.1) is 0 Å². The summed E-state index contributed by atoms with van der Waals surface area (Å²) in [5, 5.41) is 19.1. The third kappa shape index (κ3) is 1.85. The summed E-state index contributed by atoms with van der Waals surface area (Å²) < 4.78 is 0. The third-order valence-corrected chi connectivity index (χ3v) is 3.21. The lowest BCUT2D eigenvalue weighted by molar-refractivity contribution is -0.178. The molecule has 0 aromatic rings. The summed E-state index contributed by atoms with van der Waals surface area (Å²) in [6, 6.07) is 0. The largest absolute Gasteiger partial charge is 0.481 e. The van der Waals surface area contributed by atoms with E-state index in [1.807, 2.05) is 20.8 Å². The number of carboxylic acid groups (broad SMARTS) is 1.